The van der Waals surface area contributed by atoms with Crippen LogP contribution in [0.15, 0.2) is 35.5 Å². The molecule has 2 rings (SSSR count). The van der Waals surface area contributed by atoms with E-state index in [0.717, 1.165) is 19.1 Å². The number of sulfone groups is 1. The van der Waals surface area contributed by atoms with Gasteiger partial charge in [0, 0.05) is 7.05 Å². The van der Waals surface area contributed by atoms with Crippen LogP contribution in [-0.2, 0) is 14.6 Å². The lowest BCUT2D eigenvalue weighted by molar-refractivity contribution is -0.130. The molecule has 0 unspecified atom stereocenters. The average molecular weight is 410 g/mol. The molecule has 0 aliphatic rings. The first-order valence-corrected chi connectivity index (χ1v) is 9.68. The second kappa shape index (κ2) is 7.98. The van der Waals surface area contributed by atoms with Crippen LogP contribution in [0.1, 0.15) is 23.1 Å². The molecule has 1 atom stereocenters. The zero-order chi connectivity index (χ0) is 21.1. The predicted octanol–water partition coefficient (Wildman–Crippen LogP) is 0.447. The smallest absolute Gasteiger partial charge is 0.257 e. The van der Waals surface area contributed by atoms with E-state index >= 15 is 0 Å². The van der Waals surface area contributed by atoms with Gasteiger partial charge in [-0.1, -0.05) is 0 Å². The monoisotopic (exact) mass is 410 g/mol. The van der Waals surface area contributed by atoms with Crippen LogP contribution in [-0.4, -0.2) is 53.7 Å². The van der Waals surface area contributed by atoms with Crippen LogP contribution in [0.4, 0.5) is 10.1 Å². The summed E-state index contributed by atoms with van der Waals surface area (Å²) < 4.78 is 39.1. The summed E-state index contributed by atoms with van der Waals surface area (Å²) in [5.41, 5.74) is -2.47. The first-order valence-electron chi connectivity index (χ1n) is 8.03. The highest BCUT2D eigenvalue weighted by Gasteiger charge is 2.37. The summed E-state index contributed by atoms with van der Waals surface area (Å²) in [6.07, 6.45) is 2.61. The molecule has 1 aromatic carbocycles. The van der Waals surface area contributed by atoms with Gasteiger partial charge < -0.3 is 15.7 Å². The lowest BCUT2D eigenvalue weighted by atomic mass is 10.1. The fourth-order valence-corrected chi connectivity index (χ4v) is 3.85. The van der Waals surface area contributed by atoms with E-state index in [1.807, 2.05) is 0 Å². The molecule has 0 spiro atoms. The molecule has 11 heteroatoms. The second-order valence-corrected chi connectivity index (χ2v) is 8.22. The number of aromatic nitrogens is 2. The van der Waals surface area contributed by atoms with E-state index in [-0.39, 0.29) is 11.3 Å². The Morgan fingerprint density at radius 2 is 1.86 bits per heavy atom. The molecule has 0 aliphatic heterocycles. The van der Waals surface area contributed by atoms with E-state index < -0.39 is 43.7 Å². The van der Waals surface area contributed by atoms with Crippen LogP contribution >= 0.6 is 0 Å². The Kier molecular flexibility index (Phi) is 6.10. The molecule has 28 heavy (non-hydrogen) atoms. The Bertz CT molecular complexity index is 1010. The number of amides is 2. The summed E-state index contributed by atoms with van der Waals surface area (Å²) in [6, 6.07) is 2.71. The van der Waals surface area contributed by atoms with Gasteiger partial charge in [-0.2, -0.15) is 0 Å². The number of rotatable bonds is 6. The third-order valence-electron chi connectivity index (χ3n) is 3.77. The van der Waals surface area contributed by atoms with E-state index in [1.54, 1.807) is 6.92 Å². The van der Waals surface area contributed by atoms with E-state index in [1.165, 1.54) is 19.4 Å². The molecule has 0 saturated carbocycles. The van der Waals surface area contributed by atoms with Crippen LogP contribution < -0.4 is 10.6 Å². The van der Waals surface area contributed by atoms with Crippen molar-refractivity contribution >= 4 is 27.3 Å². The number of anilines is 1. The number of hydrogen-bond donors (Lipinski definition) is 3. The number of halogens is 1. The highest BCUT2D eigenvalue weighted by atomic mass is 32.2. The summed E-state index contributed by atoms with van der Waals surface area (Å²) in [5.74, 6) is -3.29. The highest BCUT2D eigenvalue weighted by molar-refractivity contribution is 7.91. The SMILES string of the molecule is CNC(=O)c1ccc(S(=O)(=O)C[C@](C)(O)C(=O)Nc2cnc(C)nc2)cc1F. The Labute approximate surface area is 160 Å². The van der Waals surface area contributed by atoms with E-state index in [4.69, 9.17) is 0 Å². The molecule has 150 valence electrons. The minimum atomic E-state index is -4.25. The van der Waals surface area contributed by atoms with Gasteiger partial charge in [0.2, 0.25) is 0 Å². The Balaban J connectivity index is 2.21. The molecule has 9 nitrogen and oxygen atoms in total. The van der Waals surface area contributed by atoms with Gasteiger partial charge in [0.15, 0.2) is 15.4 Å². The Hall–Kier alpha value is -2.92. The maximum absolute atomic E-state index is 14.0. The van der Waals surface area contributed by atoms with Crippen LogP contribution in [0.2, 0.25) is 0 Å². The van der Waals surface area contributed by atoms with Gasteiger partial charge in [0.1, 0.15) is 11.6 Å². The molecule has 2 amide bonds. The molecule has 0 bridgehead atoms. The van der Waals surface area contributed by atoms with Crippen molar-refractivity contribution in [3.63, 3.8) is 0 Å². The van der Waals surface area contributed by atoms with Crippen molar-refractivity contribution in [1.29, 1.82) is 0 Å². The van der Waals surface area contributed by atoms with Gasteiger partial charge in [0.05, 0.1) is 34.3 Å². The van der Waals surface area contributed by atoms with Crippen molar-refractivity contribution in [2.75, 3.05) is 18.1 Å². The Morgan fingerprint density at radius 1 is 1.25 bits per heavy atom. The van der Waals surface area contributed by atoms with Crippen LogP contribution in [0.5, 0.6) is 0 Å². The fourth-order valence-electron chi connectivity index (χ4n) is 2.25. The summed E-state index contributed by atoms with van der Waals surface area (Å²) in [4.78, 5) is 31.1. The van der Waals surface area contributed by atoms with Crippen molar-refractivity contribution in [2.24, 2.45) is 0 Å². The van der Waals surface area contributed by atoms with Gasteiger partial charge in [0.25, 0.3) is 11.8 Å². The number of aliphatic hydroxyl groups is 1. The molecule has 0 aliphatic carbocycles. The summed E-state index contributed by atoms with van der Waals surface area (Å²) in [6.45, 7) is 2.66. The zero-order valence-electron chi connectivity index (χ0n) is 15.4. The molecule has 2 aromatic rings. The number of nitrogens with zero attached hydrogens (tertiary/aromatic N) is 2. The van der Waals surface area contributed by atoms with Gasteiger partial charge >= 0.3 is 0 Å². The summed E-state index contributed by atoms with van der Waals surface area (Å²) in [7, 11) is -2.94. The quantitative estimate of drug-likeness (QED) is 0.628. The molecule has 3 N–H and O–H groups in total. The van der Waals surface area contributed by atoms with Crippen molar-refractivity contribution < 1.29 is 27.5 Å². The lowest BCUT2D eigenvalue weighted by Crippen LogP contribution is -2.45. The number of carbonyl (C=O) groups is 2. The molecular weight excluding hydrogens is 391 g/mol. The zero-order valence-corrected chi connectivity index (χ0v) is 16.2. The van der Waals surface area contributed by atoms with Crippen molar-refractivity contribution in [2.45, 2.75) is 24.3 Å². The Morgan fingerprint density at radius 3 is 2.39 bits per heavy atom. The minimum Gasteiger partial charge on any atom is -0.379 e. The first kappa shape index (κ1) is 21.4. The van der Waals surface area contributed by atoms with Gasteiger partial charge in [-0.05, 0) is 32.0 Å². The third kappa shape index (κ3) is 4.87. The van der Waals surface area contributed by atoms with Crippen molar-refractivity contribution in [3.8, 4) is 0 Å². The predicted molar refractivity (Wildman–Crippen MR) is 97.9 cm³/mol. The fraction of sp³-hybridized carbons (Fsp3) is 0.294. The molecular formula is C17H19FN4O5S. The molecule has 0 fully saturated rings. The topological polar surface area (TPSA) is 138 Å². The van der Waals surface area contributed by atoms with Gasteiger partial charge in [-0.25, -0.2) is 22.8 Å². The van der Waals surface area contributed by atoms with E-state index in [9.17, 15) is 27.5 Å². The number of hydrogen-bond acceptors (Lipinski definition) is 7. The molecule has 0 radical (unpaired) electrons. The molecule has 1 heterocycles. The van der Waals surface area contributed by atoms with Crippen LogP contribution in [0, 0.1) is 12.7 Å². The van der Waals surface area contributed by atoms with Crippen LogP contribution in [0.3, 0.4) is 0 Å². The lowest BCUT2D eigenvalue weighted by Gasteiger charge is -2.22. The largest absolute Gasteiger partial charge is 0.379 e. The summed E-state index contributed by atoms with van der Waals surface area (Å²) >= 11 is 0. The number of carbonyl (C=O) groups excluding carboxylic acids is 2. The maximum atomic E-state index is 14.0. The van der Waals surface area contributed by atoms with E-state index in [0.29, 0.717) is 11.9 Å². The standard InChI is InChI=1S/C17H19FN4O5S/c1-10-20-7-11(8-21-10)22-16(24)17(2,25)9-28(26,27)12-4-5-13(14(18)6-12)15(23)19-3/h4-8,25H,9H2,1-3H3,(H,19,23)(H,22,24)/t17-/m0/s1. The number of benzene rings is 1. The molecule has 0 saturated heterocycles. The second-order valence-electron chi connectivity index (χ2n) is 6.23. The van der Waals surface area contributed by atoms with Gasteiger partial charge in [-0.3, -0.25) is 9.59 Å². The van der Waals surface area contributed by atoms with Gasteiger partial charge in [-0.15, -0.1) is 0 Å². The van der Waals surface area contributed by atoms with Crippen LogP contribution in [0.25, 0.3) is 0 Å². The minimum absolute atomic E-state index is 0.175. The normalized spacial score (nSPS) is 13.5. The van der Waals surface area contributed by atoms with E-state index in [2.05, 4.69) is 20.6 Å². The number of aryl methyl sites for hydroxylation is 1. The first-order chi connectivity index (χ1) is 13.0. The summed E-state index contributed by atoms with van der Waals surface area (Å²) in [5, 5.41) is 14.9. The van der Waals surface area contributed by atoms with Crippen molar-refractivity contribution in [3.05, 3.63) is 47.8 Å². The van der Waals surface area contributed by atoms with Crippen molar-refractivity contribution in [1.82, 2.24) is 15.3 Å². The average Bonchev–Trinajstić information content (AvgIpc) is 2.62. The highest BCUT2D eigenvalue weighted by Crippen LogP contribution is 2.21. The maximum Gasteiger partial charge on any atom is 0.257 e. The number of nitrogens with one attached hydrogen (secondary N) is 2. The third-order valence-corrected chi connectivity index (χ3v) is 5.68. The molecule has 1 aromatic heterocycles.